The minimum Gasteiger partial charge on any atom is -0.364 e. The van der Waals surface area contributed by atoms with Gasteiger partial charge in [0.15, 0.2) is 0 Å². The number of pyridine rings is 1. The van der Waals surface area contributed by atoms with Crippen LogP contribution in [-0.4, -0.2) is 28.3 Å². The zero-order valence-electron chi connectivity index (χ0n) is 14.9. The van der Waals surface area contributed by atoms with E-state index in [2.05, 4.69) is 25.3 Å². The Kier molecular flexibility index (Phi) is 4.68. The highest BCUT2D eigenvalue weighted by Crippen LogP contribution is 2.22. The summed E-state index contributed by atoms with van der Waals surface area (Å²) in [7, 11) is -1.98. The Morgan fingerprint density at radius 2 is 2.00 bits per heavy atom. The first-order valence-corrected chi connectivity index (χ1v) is 9.40. The molecular formula is C16H20N6O3S. The van der Waals surface area contributed by atoms with Crippen molar-refractivity contribution in [2.24, 2.45) is 7.05 Å². The van der Waals surface area contributed by atoms with Crippen molar-refractivity contribution in [2.45, 2.75) is 32.2 Å². The van der Waals surface area contributed by atoms with Gasteiger partial charge in [0, 0.05) is 19.3 Å². The zero-order valence-corrected chi connectivity index (χ0v) is 15.8. The van der Waals surface area contributed by atoms with Crippen molar-refractivity contribution in [3.8, 4) is 0 Å². The third kappa shape index (κ3) is 3.69. The van der Waals surface area contributed by atoms with Crippen LogP contribution in [0.3, 0.4) is 0 Å². The molecule has 0 aliphatic rings. The van der Waals surface area contributed by atoms with Gasteiger partial charge in [0.1, 0.15) is 22.2 Å². The van der Waals surface area contributed by atoms with E-state index in [1.807, 2.05) is 13.0 Å². The SMILES string of the molecule is Cc1cc(CNc2ccc(S(=O)(=O)Nc3c(C)nn(C)c3C)cn2)no1. The third-order valence-corrected chi connectivity index (χ3v) is 5.25. The molecule has 3 aromatic heterocycles. The molecule has 10 heteroatoms. The summed E-state index contributed by atoms with van der Waals surface area (Å²) in [5.74, 6) is 1.27. The van der Waals surface area contributed by atoms with Crippen LogP contribution in [0.1, 0.15) is 22.8 Å². The Morgan fingerprint density at radius 1 is 1.23 bits per heavy atom. The van der Waals surface area contributed by atoms with Crippen molar-refractivity contribution in [1.29, 1.82) is 0 Å². The summed E-state index contributed by atoms with van der Waals surface area (Å²) < 4.78 is 34.4. The van der Waals surface area contributed by atoms with Crippen molar-refractivity contribution in [3.05, 3.63) is 47.2 Å². The second-order valence-electron chi connectivity index (χ2n) is 5.94. The molecule has 0 bridgehead atoms. The second-order valence-corrected chi connectivity index (χ2v) is 7.62. The molecule has 0 atom stereocenters. The molecule has 9 nitrogen and oxygen atoms in total. The topological polar surface area (TPSA) is 115 Å². The Labute approximate surface area is 151 Å². The molecule has 0 fully saturated rings. The molecule has 0 spiro atoms. The van der Waals surface area contributed by atoms with Crippen LogP contribution in [0.25, 0.3) is 0 Å². The number of aryl methyl sites for hydroxylation is 3. The van der Waals surface area contributed by atoms with Gasteiger partial charge in [-0.1, -0.05) is 5.16 Å². The van der Waals surface area contributed by atoms with Gasteiger partial charge >= 0.3 is 0 Å². The molecule has 0 aromatic carbocycles. The van der Waals surface area contributed by atoms with E-state index in [4.69, 9.17) is 4.52 Å². The summed E-state index contributed by atoms with van der Waals surface area (Å²) in [4.78, 5) is 4.22. The van der Waals surface area contributed by atoms with Gasteiger partial charge in [0.2, 0.25) is 0 Å². The summed E-state index contributed by atoms with van der Waals surface area (Å²) in [6.45, 7) is 5.80. The molecule has 3 heterocycles. The van der Waals surface area contributed by atoms with Crippen LogP contribution in [-0.2, 0) is 23.6 Å². The molecule has 0 unspecified atom stereocenters. The maximum Gasteiger partial charge on any atom is 0.263 e. The third-order valence-electron chi connectivity index (χ3n) is 3.92. The van der Waals surface area contributed by atoms with Crippen LogP contribution >= 0.6 is 0 Å². The van der Waals surface area contributed by atoms with Crippen LogP contribution in [0.15, 0.2) is 33.8 Å². The minimum atomic E-state index is -3.75. The van der Waals surface area contributed by atoms with E-state index in [1.165, 1.54) is 12.3 Å². The van der Waals surface area contributed by atoms with Gasteiger partial charge in [-0.15, -0.1) is 0 Å². The molecule has 0 saturated heterocycles. The maximum atomic E-state index is 12.6. The van der Waals surface area contributed by atoms with E-state index in [-0.39, 0.29) is 4.90 Å². The number of hydrogen-bond donors (Lipinski definition) is 2. The summed E-state index contributed by atoms with van der Waals surface area (Å²) >= 11 is 0. The molecule has 0 saturated carbocycles. The van der Waals surface area contributed by atoms with Crippen LogP contribution in [0.2, 0.25) is 0 Å². The fourth-order valence-electron chi connectivity index (χ4n) is 2.44. The van der Waals surface area contributed by atoms with E-state index >= 15 is 0 Å². The lowest BCUT2D eigenvalue weighted by atomic mass is 10.3. The average Bonchev–Trinajstić information content (AvgIpc) is 3.11. The van der Waals surface area contributed by atoms with Gasteiger partial charge in [-0.2, -0.15) is 5.10 Å². The lowest BCUT2D eigenvalue weighted by molar-refractivity contribution is 0.391. The summed E-state index contributed by atoms with van der Waals surface area (Å²) in [6.07, 6.45) is 1.31. The van der Waals surface area contributed by atoms with Gasteiger partial charge in [0.05, 0.1) is 23.6 Å². The predicted molar refractivity (Wildman–Crippen MR) is 96.3 cm³/mol. The van der Waals surface area contributed by atoms with E-state index in [0.717, 1.165) is 17.1 Å². The normalized spacial score (nSPS) is 11.5. The molecule has 138 valence electrons. The predicted octanol–water partition coefficient (Wildman–Crippen LogP) is 2.14. The Morgan fingerprint density at radius 3 is 2.54 bits per heavy atom. The zero-order chi connectivity index (χ0) is 18.9. The first-order valence-electron chi connectivity index (χ1n) is 7.91. The Balaban J connectivity index is 1.72. The first kappa shape index (κ1) is 17.9. The largest absolute Gasteiger partial charge is 0.364 e. The van der Waals surface area contributed by atoms with E-state index < -0.39 is 10.0 Å². The smallest absolute Gasteiger partial charge is 0.263 e. The van der Waals surface area contributed by atoms with Gasteiger partial charge in [0.25, 0.3) is 10.0 Å². The standard InChI is InChI=1S/C16H20N6O3S/c1-10-7-13(20-25-10)8-17-15-6-5-14(9-18-15)26(23,24)21-16-11(2)19-22(4)12(16)3/h5-7,9,21H,8H2,1-4H3,(H,17,18). The molecule has 0 aliphatic carbocycles. The number of hydrogen-bond acceptors (Lipinski definition) is 7. The highest BCUT2D eigenvalue weighted by atomic mass is 32.2. The van der Waals surface area contributed by atoms with Crippen molar-refractivity contribution >= 4 is 21.5 Å². The van der Waals surface area contributed by atoms with Gasteiger partial charge in [-0.05, 0) is 32.9 Å². The highest BCUT2D eigenvalue weighted by Gasteiger charge is 2.19. The number of sulfonamides is 1. The molecule has 26 heavy (non-hydrogen) atoms. The highest BCUT2D eigenvalue weighted by molar-refractivity contribution is 7.92. The average molecular weight is 376 g/mol. The van der Waals surface area contributed by atoms with Gasteiger partial charge in [-0.3, -0.25) is 9.40 Å². The number of anilines is 2. The minimum absolute atomic E-state index is 0.0722. The van der Waals surface area contributed by atoms with Crippen molar-refractivity contribution < 1.29 is 12.9 Å². The second kappa shape index (κ2) is 6.79. The monoisotopic (exact) mass is 376 g/mol. The van der Waals surface area contributed by atoms with Crippen LogP contribution in [0.5, 0.6) is 0 Å². The summed E-state index contributed by atoms with van der Waals surface area (Å²) in [5, 5.41) is 11.1. The lowest BCUT2D eigenvalue weighted by Crippen LogP contribution is -2.14. The van der Waals surface area contributed by atoms with Gasteiger partial charge < -0.3 is 9.84 Å². The van der Waals surface area contributed by atoms with Gasteiger partial charge in [-0.25, -0.2) is 13.4 Å². The van der Waals surface area contributed by atoms with Crippen molar-refractivity contribution in [3.63, 3.8) is 0 Å². The van der Waals surface area contributed by atoms with E-state index in [9.17, 15) is 8.42 Å². The molecule has 3 aromatic rings. The molecule has 2 N–H and O–H groups in total. The van der Waals surface area contributed by atoms with Crippen molar-refractivity contribution in [1.82, 2.24) is 19.9 Å². The number of nitrogens with one attached hydrogen (secondary N) is 2. The van der Waals surface area contributed by atoms with Crippen molar-refractivity contribution in [2.75, 3.05) is 10.0 Å². The fraction of sp³-hybridized carbons (Fsp3) is 0.312. The maximum absolute atomic E-state index is 12.6. The van der Waals surface area contributed by atoms with E-state index in [0.29, 0.717) is 23.7 Å². The summed E-state index contributed by atoms with van der Waals surface area (Å²) in [6, 6.07) is 4.91. The molecule has 0 aliphatic heterocycles. The Bertz CT molecular complexity index is 1020. The van der Waals surface area contributed by atoms with E-state index in [1.54, 1.807) is 31.6 Å². The molecule has 3 rings (SSSR count). The van der Waals surface area contributed by atoms with Crippen LogP contribution in [0.4, 0.5) is 11.5 Å². The number of nitrogens with zero attached hydrogens (tertiary/aromatic N) is 4. The molecular weight excluding hydrogens is 356 g/mol. The Hall–Kier alpha value is -2.88. The fourth-order valence-corrected chi connectivity index (χ4v) is 3.56. The number of rotatable bonds is 6. The molecule has 0 amide bonds. The summed E-state index contributed by atoms with van der Waals surface area (Å²) in [5.41, 5.74) is 2.57. The number of aromatic nitrogens is 4. The first-order chi connectivity index (χ1) is 12.3. The van der Waals surface area contributed by atoms with Crippen LogP contribution < -0.4 is 10.0 Å². The molecule has 0 radical (unpaired) electrons. The lowest BCUT2D eigenvalue weighted by Gasteiger charge is -2.09. The quantitative estimate of drug-likeness (QED) is 0.677. The van der Waals surface area contributed by atoms with Crippen LogP contribution in [0, 0.1) is 20.8 Å².